The molecule has 0 saturated carbocycles. The van der Waals surface area contributed by atoms with Crippen LogP contribution in [0.25, 0.3) is 10.2 Å². The van der Waals surface area contributed by atoms with Crippen LogP contribution in [0.3, 0.4) is 0 Å². The molecule has 10 heteroatoms. The summed E-state index contributed by atoms with van der Waals surface area (Å²) in [5, 5.41) is 2.86. The lowest BCUT2D eigenvalue weighted by Gasteiger charge is -2.26. The van der Waals surface area contributed by atoms with Gasteiger partial charge in [-0.3, -0.25) is 9.69 Å². The molecule has 2 aromatic rings. The first-order valence-electron chi connectivity index (χ1n) is 8.20. The van der Waals surface area contributed by atoms with Crippen molar-refractivity contribution in [1.82, 2.24) is 15.2 Å². The van der Waals surface area contributed by atoms with E-state index < -0.39 is 17.6 Å². The van der Waals surface area contributed by atoms with Gasteiger partial charge in [0.05, 0.1) is 34.7 Å². The van der Waals surface area contributed by atoms with Gasteiger partial charge in [-0.15, -0.1) is 11.3 Å². The molecule has 3 N–H and O–H groups in total. The average Bonchev–Trinajstić information content (AvgIpc) is 3.04. The number of fused-ring (bicyclic) bond motifs is 1. The van der Waals surface area contributed by atoms with Crippen molar-refractivity contribution >= 4 is 33.1 Å². The van der Waals surface area contributed by atoms with E-state index in [2.05, 4.69) is 15.2 Å². The van der Waals surface area contributed by atoms with Crippen LogP contribution in [0.2, 0.25) is 0 Å². The van der Waals surface area contributed by atoms with Gasteiger partial charge in [-0.25, -0.2) is 4.98 Å². The number of thiazole rings is 1. The van der Waals surface area contributed by atoms with Crippen LogP contribution in [0.5, 0.6) is 0 Å². The summed E-state index contributed by atoms with van der Waals surface area (Å²) < 4.78 is 44.2. The van der Waals surface area contributed by atoms with Crippen LogP contribution in [0.4, 0.5) is 18.9 Å². The number of ether oxygens (including phenoxy) is 1. The highest BCUT2D eigenvalue weighted by molar-refractivity contribution is 7.20. The average molecular weight is 388 g/mol. The lowest BCUT2D eigenvalue weighted by molar-refractivity contribution is -0.137. The predicted octanol–water partition coefficient (Wildman–Crippen LogP) is 2.35. The predicted molar refractivity (Wildman–Crippen MR) is 93.2 cm³/mol. The Kier molecular flexibility index (Phi) is 5.64. The summed E-state index contributed by atoms with van der Waals surface area (Å²) in [5.74, 6) is -0.402. The fourth-order valence-electron chi connectivity index (χ4n) is 2.72. The third-order valence-electron chi connectivity index (χ3n) is 4.08. The van der Waals surface area contributed by atoms with Gasteiger partial charge in [0.1, 0.15) is 0 Å². The van der Waals surface area contributed by atoms with Crippen molar-refractivity contribution in [1.29, 1.82) is 0 Å². The number of carbonyl (C=O) groups excluding carboxylic acids is 1. The van der Waals surface area contributed by atoms with Crippen molar-refractivity contribution in [3.05, 3.63) is 22.7 Å². The number of hydrogen-bond donors (Lipinski definition) is 2. The van der Waals surface area contributed by atoms with Crippen LogP contribution in [-0.4, -0.2) is 55.2 Å². The SMILES string of the molecule is Nc1cc(C(F)(F)F)cc2nc(C(=O)NCCCN3CCOCC3)sc12. The van der Waals surface area contributed by atoms with Crippen LogP contribution in [0, 0.1) is 0 Å². The smallest absolute Gasteiger partial charge is 0.398 e. The monoisotopic (exact) mass is 388 g/mol. The highest BCUT2D eigenvalue weighted by Gasteiger charge is 2.32. The Morgan fingerprint density at radius 3 is 2.77 bits per heavy atom. The number of morpholine rings is 1. The first-order chi connectivity index (χ1) is 12.3. The second-order valence-corrected chi connectivity index (χ2v) is 6.99. The number of amides is 1. The number of anilines is 1. The molecule has 0 bridgehead atoms. The van der Waals surface area contributed by atoms with E-state index in [-0.39, 0.29) is 16.2 Å². The van der Waals surface area contributed by atoms with Gasteiger partial charge in [0.2, 0.25) is 0 Å². The lowest BCUT2D eigenvalue weighted by Crippen LogP contribution is -2.38. The maximum atomic E-state index is 12.8. The molecule has 0 aliphatic carbocycles. The van der Waals surface area contributed by atoms with Gasteiger partial charge in [-0.1, -0.05) is 0 Å². The summed E-state index contributed by atoms with van der Waals surface area (Å²) in [5.41, 5.74) is 4.88. The number of benzene rings is 1. The third-order valence-corrected chi connectivity index (χ3v) is 5.20. The Morgan fingerprint density at radius 2 is 2.08 bits per heavy atom. The minimum Gasteiger partial charge on any atom is -0.398 e. The summed E-state index contributed by atoms with van der Waals surface area (Å²) in [6.07, 6.45) is -3.73. The fourth-order valence-corrected chi connectivity index (χ4v) is 3.61. The quantitative estimate of drug-likeness (QED) is 0.607. The van der Waals surface area contributed by atoms with Gasteiger partial charge >= 0.3 is 6.18 Å². The maximum absolute atomic E-state index is 12.8. The molecule has 1 aromatic heterocycles. The molecule has 1 aliphatic heterocycles. The normalized spacial score (nSPS) is 16.1. The van der Waals surface area contributed by atoms with Crippen LogP contribution < -0.4 is 11.1 Å². The molecule has 1 aliphatic rings. The zero-order chi connectivity index (χ0) is 18.7. The maximum Gasteiger partial charge on any atom is 0.416 e. The fraction of sp³-hybridized carbons (Fsp3) is 0.500. The van der Waals surface area contributed by atoms with E-state index in [0.29, 0.717) is 11.2 Å². The molecule has 0 spiro atoms. The molecule has 26 heavy (non-hydrogen) atoms. The summed E-state index contributed by atoms with van der Waals surface area (Å²) >= 11 is 0.995. The van der Waals surface area contributed by atoms with E-state index in [0.717, 1.165) is 62.7 Å². The third kappa shape index (κ3) is 4.43. The zero-order valence-corrected chi connectivity index (χ0v) is 14.8. The Balaban J connectivity index is 1.60. The van der Waals surface area contributed by atoms with Gasteiger partial charge in [0, 0.05) is 19.6 Å². The number of aromatic nitrogens is 1. The second kappa shape index (κ2) is 7.77. The standard InChI is InChI=1S/C16H19F3N4O2S/c17-16(18,19)10-8-11(20)13-12(9-10)22-15(26-13)14(24)21-2-1-3-23-4-6-25-7-5-23/h8-9H,1-7,20H2,(H,21,24). The molecule has 1 aromatic carbocycles. The molecule has 1 amide bonds. The first kappa shape index (κ1) is 18.9. The molecule has 2 heterocycles. The Hall–Kier alpha value is -1.91. The summed E-state index contributed by atoms with van der Waals surface area (Å²) in [7, 11) is 0. The molecule has 1 fully saturated rings. The molecule has 0 radical (unpaired) electrons. The van der Waals surface area contributed by atoms with Crippen molar-refractivity contribution in [3.63, 3.8) is 0 Å². The number of alkyl halides is 3. The van der Waals surface area contributed by atoms with Crippen molar-refractivity contribution in [3.8, 4) is 0 Å². The molecule has 3 rings (SSSR count). The summed E-state index contributed by atoms with van der Waals surface area (Å²) in [6, 6.07) is 1.78. The molecular formula is C16H19F3N4O2S. The highest BCUT2D eigenvalue weighted by atomic mass is 32.1. The number of carbonyl (C=O) groups is 1. The number of nitrogens with zero attached hydrogens (tertiary/aromatic N) is 2. The highest BCUT2D eigenvalue weighted by Crippen LogP contribution is 2.36. The summed E-state index contributed by atoms with van der Waals surface area (Å²) in [6.45, 7) is 4.53. The van der Waals surface area contributed by atoms with E-state index >= 15 is 0 Å². The van der Waals surface area contributed by atoms with Gasteiger partial charge in [0.25, 0.3) is 5.91 Å². The van der Waals surface area contributed by atoms with Gasteiger partial charge in [-0.05, 0) is 25.1 Å². The van der Waals surface area contributed by atoms with E-state index in [1.807, 2.05) is 0 Å². The van der Waals surface area contributed by atoms with E-state index in [1.165, 1.54) is 0 Å². The number of halogens is 3. The van der Waals surface area contributed by atoms with Gasteiger partial charge < -0.3 is 15.8 Å². The van der Waals surface area contributed by atoms with Crippen LogP contribution in [0.1, 0.15) is 21.8 Å². The molecule has 0 unspecified atom stereocenters. The van der Waals surface area contributed by atoms with Crippen LogP contribution in [-0.2, 0) is 10.9 Å². The molecule has 0 atom stereocenters. The lowest BCUT2D eigenvalue weighted by atomic mass is 10.2. The molecular weight excluding hydrogens is 369 g/mol. The Bertz CT molecular complexity index is 788. The van der Waals surface area contributed by atoms with Crippen LogP contribution in [0.15, 0.2) is 12.1 Å². The number of nitrogens with one attached hydrogen (secondary N) is 1. The number of nitrogens with two attached hydrogens (primary N) is 1. The minimum absolute atomic E-state index is 0.0290. The first-order valence-corrected chi connectivity index (χ1v) is 9.02. The van der Waals surface area contributed by atoms with Gasteiger partial charge in [-0.2, -0.15) is 13.2 Å². The molecule has 142 valence electrons. The van der Waals surface area contributed by atoms with E-state index in [4.69, 9.17) is 10.5 Å². The molecule has 1 saturated heterocycles. The number of rotatable bonds is 5. The number of hydrogen-bond acceptors (Lipinski definition) is 6. The Labute approximate surface area is 152 Å². The summed E-state index contributed by atoms with van der Waals surface area (Å²) in [4.78, 5) is 18.5. The van der Waals surface area contributed by atoms with Crippen molar-refractivity contribution in [2.75, 3.05) is 45.1 Å². The Morgan fingerprint density at radius 1 is 1.35 bits per heavy atom. The van der Waals surface area contributed by atoms with Crippen LogP contribution >= 0.6 is 11.3 Å². The topological polar surface area (TPSA) is 80.5 Å². The van der Waals surface area contributed by atoms with E-state index in [9.17, 15) is 18.0 Å². The molecule has 6 nitrogen and oxygen atoms in total. The van der Waals surface area contributed by atoms with E-state index in [1.54, 1.807) is 0 Å². The largest absolute Gasteiger partial charge is 0.416 e. The number of nitrogen functional groups attached to an aromatic ring is 1. The van der Waals surface area contributed by atoms with Crippen molar-refractivity contribution < 1.29 is 22.7 Å². The van der Waals surface area contributed by atoms with Crippen molar-refractivity contribution in [2.24, 2.45) is 0 Å². The minimum atomic E-state index is -4.51. The zero-order valence-electron chi connectivity index (χ0n) is 13.9. The van der Waals surface area contributed by atoms with Gasteiger partial charge in [0.15, 0.2) is 5.01 Å². The van der Waals surface area contributed by atoms with Crippen molar-refractivity contribution in [2.45, 2.75) is 12.6 Å². The second-order valence-electron chi connectivity index (χ2n) is 5.99.